The van der Waals surface area contributed by atoms with Gasteiger partial charge in [-0.3, -0.25) is 4.79 Å². The van der Waals surface area contributed by atoms with Crippen LogP contribution in [-0.2, 0) is 0 Å². The molecule has 1 N–H and O–H groups in total. The van der Waals surface area contributed by atoms with Crippen molar-refractivity contribution in [3.8, 4) is 11.5 Å². The lowest BCUT2D eigenvalue weighted by Crippen LogP contribution is -2.18. The van der Waals surface area contributed by atoms with Crippen molar-refractivity contribution >= 4 is 10.9 Å². The highest BCUT2D eigenvalue weighted by molar-refractivity contribution is 5.82. The van der Waals surface area contributed by atoms with E-state index >= 15 is 0 Å². The number of nitrogens with one attached hydrogen (secondary N) is 1. The van der Waals surface area contributed by atoms with Gasteiger partial charge in [-0.1, -0.05) is 0 Å². The first-order valence-electron chi connectivity index (χ1n) is 4.73. The van der Waals surface area contributed by atoms with Gasteiger partial charge >= 0.3 is 0 Å². The lowest BCUT2D eigenvalue weighted by atomic mass is 10.2. The summed E-state index contributed by atoms with van der Waals surface area (Å²) in [6.07, 6.45) is 1.16. The summed E-state index contributed by atoms with van der Waals surface area (Å²) in [6, 6.07) is 1.44. The third-order valence-electron chi connectivity index (χ3n) is 2.38. The molecule has 3 rings (SSSR count). The van der Waals surface area contributed by atoms with Crippen LogP contribution in [0.3, 0.4) is 0 Å². The van der Waals surface area contributed by atoms with Crippen molar-refractivity contribution in [2.24, 2.45) is 0 Å². The van der Waals surface area contributed by atoms with Gasteiger partial charge in [0, 0.05) is 0 Å². The summed E-state index contributed by atoms with van der Waals surface area (Å²) < 4.78 is 24.3. The van der Waals surface area contributed by atoms with Gasteiger partial charge in [0.15, 0.2) is 17.3 Å². The predicted octanol–water partition coefficient (Wildman–Crippen LogP) is 0.833. The number of benzene rings is 1. The summed E-state index contributed by atoms with van der Waals surface area (Å²) in [4.78, 5) is 17.6. The van der Waals surface area contributed by atoms with E-state index in [4.69, 9.17) is 9.47 Å². The Morgan fingerprint density at radius 1 is 1.38 bits per heavy atom. The average molecular weight is 222 g/mol. The second-order valence-electron chi connectivity index (χ2n) is 3.34. The summed E-state index contributed by atoms with van der Waals surface area (Å²) in [5.74, 6) is -0.384. The Kier molecular flexibility index (Phi) is 1.82. The molecule has 0 fully saturated rings. The van der Waals surface area contributed by atoms with Crippen molar-refractivity contribution in [3.63, 3.8) is 0 Å². The molecule has 1 aromatic carbocycles. The summed E-state index contributed by atoms with van der Waals surface area (Å²) in [7, 11) is 0. The van der Waals surface area contributed by atoms with Crippen LogP contribution in [0.15, 0.2) is 17.2 Å². The molecule has 0 bridgehead atoms. The van der Waals surface area contributed by atoms with Gasteiger partial charge in [0.05, 0.1) is 11.7 Å². The monoisotopic (exact) mass is 222 g/mol. The normalized spacial score (nSPS) is 14.1. The van der Waals surface area contributed by atoms with Crippen LogP contribution in [0.4, 0.5) is 4.39 Å². The molecule has 2 heterocycles. The quantitative estimate of drug-likeness (QED) is 0.717. The molecule has 16 heavy (non-hydrogen) atoms. The number of fused-ring (bicyclic) bond motifs is 2. The summed E-state index contributed by atoms with van der Waals surface area (Å²) in [5, 5.41) is 0.157. The zero-order valence-corrected chi connectivity index (χ0v) is 8.12. The van der Waals surface area contributed by atoms with Crippen LogP contribution >= 0.6 is 0 Å². The highest BCUT2D eigenvalue weighted by atomic mass is 19.1. The molecule has 1 aliphatic rings. The third kappa shape index (κ3) is 1.16. The highest BCUT2D eigenvalue weighted by Crippen LogP contribution is 2.36. The number of ether oxygens (including phenoxy) is 2. The first kappa shape index (κ1) is 9.14. The molecular weight excluding hydrogens is 215 g/mol. The molecule has 0 unspecified atom stereocenters. The van der Waals surface area contributed by atoms with Crippen molar-refractivity contribution in [2.75, 3.05) is 13.2 Å². The van der Waals surface area contributed by atoms with Crippen LogP contribution < -0.4 is 15.0 Å². The van der Waals surface area contributed by atoms with E-state index < -0.39 is 11.4 Å². The third-order valence-corrected chi connectivity index (χ3v) is 2.38. The first-order chi connectivity index (χ1) is 7.77. The Hall–Kier alpha value is -2.11. The maximum atomic E-state index is 13.9. The minimum atomic E-state index is -0.654. The Balaban J connectivity index is 2.44. The van der Waals surface area contributed by atoms with E-state index in [0.717, 1.165) is 6.33 Å². The van der Waals surface area contributed by atoms with Crippen molar-refractivity contribution in [2.45, 2.75) is 0 Å². The minimum Gasteiger partial charge on any atom is -0.486 e. The van der Waals surface area contributed by atoms with Crippen molar-refractivity contribution in [1.82, 2.24) is 9.97 Å². The van der Waals surface area contributed by atoms with Gasteiger partial charge in [0.2, 0.25) is 0 Å². The number of halogens is 1. The van der Waals surface area contributed by atoms with E-state index in [-0.39, 0.29) is 22.4 Å². The van der Waals surface area contributed by atoms with Crippen LogP contribution in [0.25, 0.3) is 10.9 Å². The molecule has 0 spiro atoms. The van der Waals surface area contributed by atoms with Gasteiger partial charge in [-0.2, -0.15) is 0 Å². The van der Waals surface area contributed by atoms with Crippen LogP contribution in [0.5, 0.6) is 11.5 Å². The van der Waals surface area contributed by atoms with E-state index in [1.165, 1.54) is 6.07 Å². The number of H-pyrrole nitrogens is 1. The number of nitrogens with zero attached hydrogens (tertiary/aromatic N) is 1. The van der Waals surface area contributed by atoms with Gasteiger partial charge in [-0.25, -0.2) is 9.37 Å². The summed E-state index contributed by atoms with van der Waals surface area (Å²) >= 11 is 0. The Bertz CT molecular complexity index is 623. The minimum absolute atomic E-state index is 0.00648. The largest absolute Gasteiger partial charge is 0.486 e. The first-order valence-corrected chi connectivity index (χ1v) is 4.73. The van der Waals surface area contributed by atoms with E-state index in [2.05, 4.69) is 9.97 Å². The van der Waals surface area contributed by atoms with E-state index in [0.29, 0.717) is 13.2 Å². The fourth-order valence-electron chi connectivity index (χ4n) is 1.67. The maximum absolute atomic E-state index is 13.9. The smallest absolute Gasteiger partial charge is 0.258 e. The van der Waals surface area contributed by atoms with Gasteiger partial charge in [0.1, 0.15) is 18.7 Å². The van der Waals surface area contributed by atoms with E-state index in [1.54, 1.807) is 0 Å². The molecule has 0 aliphatic carbocycles. The molecule has 0 radical (unpaired) electrons. The molecule has 0 saturated heterocycles. The van der Waals surface area contributed by atoms with Gasteiger partial charge < -0.3 is 14.5 Å². The van der Waals surface area contributed by atoms with Crippen LogP contribution in [-0.4, -0.2) is 23.2 Å². The van der Waals surface area contributed by atoms with Crippen molar-refractivity contribution in [1.29, 1.82) is 0 Å². The zero-order valence-electron chi connectivity index (χ0n) is 8.12. The Morgan fingerprint density at radius 2 is 2.19 bits per heavy atom. The fraction of sp³-hybridized carbons (Fsp3) is 0.200. The van der Waals surface area contributed by atoms with Gasteiger partial charge in [-0.15, -0.1) is 0 Å². The highest BCUT2D eigenvalue weighted by Gasteiger charge is 2.21. The lowest BCUT2D eigenvalue weighted by molar-refractivity contribution is 0.165. The maximum Gasteiger partial charge on any atom is 0.258 e. The Morgan fingerprint density at radius 3 is 3.06 bits per heavy atom. The molecule has 1 aromatic heterocycles. The number of hydrogen-bond acceptors (Lipinski definition) is 4. The number of rotatable bonds is 0. The number of aromatic nitrogens is 2. The lowest BCUT2D eigenvalue weighted by Gasteiger charge is -2.19. The average Bonchev–Trinajstić information content (AvgIpc) is 2.31. The van der Waals surface area contributed by atoms with Gasteiger partial charge in [0.25, 0.3) is 5.56 Å². The summed E-state index contributed by atoms with van der Waals surface area (Å²) in [5.41, 5.74) is -0.408. The number of hydrogen-bond donors (Lipinski definition) is 1. The van der Waals surface area contributed by atoms with E-state index in [1.807, 2.05) is 0 Å². The van der Waals surface area contributed by atoms with Gasteiger partial charge in [-0.05, 0) is 6.07 Å². The van der Waals surface area contributed by atoms with Crippen LogP contribution in [0.2, 0.25) is 0 Å². The van der Waals surface area contributed by atoms with Crippen LogP contribution in [0.1, 0.15) is 0 Å². The zero-order chi connectivity index (χ0) is 11.1. The summed E-state index contributed by atoms with van der Waals surface area (Å²) in [6.45, 7) is 0.634. The van der Waals surface area contributed by atoms with Crippen molar-refractivity contribution in [3.05, 3.63) is 28.6 Å². The van der Waals surface area contributed by atoms with E-state index in [9.17, 15) is 9.18 Å². The topological polar surface area (TPSA) is 64.2 Å². The predicted molar refractivity (Wildman–Crippen MR) is 53.3 cm³/mol. The molecular formula is C10H7FN2O3. The Labute approximate surface area is 88.8 Å². The standard InChI is InChI=1S/C10H7FN2O3/c11-7-8-5(10(14)13-4-12-8)3-6-9(7)16-2-1-15-6/h3-4H,1-2H2,(H,12,13,14). The van der Waals surface area contributed by atoms with Crippen LogP contribution in [0, 0.1) is 5.82 Å². The molecule has 0 atom stereocenters. The molecule has 2 aromatic rings. The second-order valence-corrected chi connectivity index (χ2v) is 3.34. The molecule has 0 amide bonds. The number of aromatic amines is 1. The molecule has 1 aliphatic heterocycles. The second kappa shape index (κ2) is 3.19. The molecule has 0 saturated carbocycles. The fourth-order valence-corrected chi connectivity index (χ4v) is 1.67. The van der Waals surface area contributed by atoms with Crippen molar-refractivity contribution < 1.29 is 13.9 Å². The molecule has 5 nitrogen and oxygen atoms in total. The molecule has 82 valence electrons. The SMILES string of the molecule is O=c1[nH]cnc2c(F)c3c(cc12)OCCO3. The molecule has 6 heteroatoms.